The number of carbonyl (C=O) groups excluding carboxylic acids is 2. The van der Waals surface area contributed by atoms with Crippen LogP contribution in [0.25, 0.3) is 0 Å². The second-order valence-electron chi connectivity index (χ2n) is 5.78. The molecular formula is C16H16F2N4O2. The molecule has 1 saturated heterocycles. The van der Waals surface area contributed by atoms with Crippen molar-refractivity contribution in [2.45, 2.75) is 13.3 Å². The standard InChI is InChI=1S/C16H16F2N4O2/c1-9-5-14(21(2)20-9)19-16(24)10-6-15(23)22(8-10)13-4-3-11(17)7-12(13)18/h3-5,7,10H,6,8H2,1-2H3,(H,19,24)/t10-/m0/s1. The van der Waals surface area contributed by atoms with Gasteiger partial charge in [0.05, 0.1) is 17.3 Å². The van der Waals surface area contributed by atoms with Crippen molar-refractivity contribution in [3.05, 3.63) is 41.6 Å². The van der Waals surface area contributed by atoms with E-state index in [4.69, 9.17) is 0 Å². The van der Waals surface area contributed by atoms with E-state index in [9.17, 15) is 18.4 Å². The summed E-state index contributed by atoms with van der Waals surface area (Å²) < 4.78 is 28.4. The number of aromatic nitrogens is 2. The maximum absolute atomic E-state index is 13.9. The Morgan fingerprint density at radius 3 is 2.71 bits per heavy atom. The highest BCUT2D eigenvalue weighted by Gasteiger charge is 2.36. The molecule has 126 valence electrons. The lowest BCUT2D eigenvalue weighted by molar-refractivity contribution is -0.122. The minimum absolute atomic E-state index is 0.0203. The molecule has 0 aliphatic carbocycles. The molecule has 2 heterocycles. The van der Waals surface area contributed by atoms with Gasteiger partial charge < -0.3 is 10.2 Å². The van der Waals surface area contributed by atoms with Crippen molar-refractivity contribution in [3.63, 3.8) is 0 Å². The molecule has 24 heavy (non-hydrogen) atoms. The Labute approximate surface area is 137 Å². The van der Waals surface area contributed by atoms with Crippen LogP contribution in [0.3, 0.4) is 0 Å². The number of anilines is 2. The molecule has 0 saturated carbocycles. The second kappa shape index (κ2) is 6.03. The number of nitrogens with one attached hydrogen (secondary N) is 1. The molecule has 0 bridgehead atoms. The van der Waals surface area contributed by atoms with Crippen molar-refractivity contribution in [1.29, 1.82) is 0 Å². The van der Waals surface area contributed by atoms with Gasteiger partial charge in [-0.15, -0.1) is 0 Å². The monoisotopic (exact) mass is 334 g/mol. The van der Waals surface area contributed by atoms with E-state index < -0.39 is 17.6 Å². The predicted molar refractivity (Wildman–Crippen MR) is 83.4 cm³/mol. The molecule has 1 aliphatic rings. The SMILES string of the molecule is Cc1cc(NC(=O)[C@H]2CC(=O)N(c3ccc(F)cc3F)C2)n(C)n1. The zero-order chi connectivity index (χ0) is 17.4. The maximum Gasteiger partial charge on any atom is 0.230 e. The van der Waals surface area contributed by atoms with E-state index in [1.807, 2.05) is 0 Å². The molecule has 0 spiro atoms. The van der Waals surface area contributed by atoms with Gasteiger partial charge in [-0.05, 0) is 19.1 Å². The van der Waals surface area contributed by atoms with Crippen LogP contribution in [0, 0.1) is 24.5 Å². The van der Waals surface area contributed by atoms with Crippen molar-refractivity contribution in [2.75, 3.05) is 16.8 Å². The van der Waals surface area contributed by atoms with E-state index in [1.54, 1.807) is 20.0 Å². The summed E-state index contributed by atoms with van der Waals surface area (Å²) in [6.45, 7) is 1.85. The van der Waals surface area contributed by atoms with Crippen molar-refractivity contribution < 1.29 is 18.4 Å². The number of benzene rings is 1. The second-order valence-corrected chi connectivity index (χ2v) is 5.78. The molecule has 0 radical (unpaired) electrons. The van der Waals surface area contributed by atoms with E-state index in [0.717, 1.165) is 11.8 Å². The Morgan fingerprint density at radius 1 is 1.33 bits per heavy atom. The molecule has 8 heteroatoms. The van der Waals surface area contributed by atoms with Crippen LogP contribution in [0.15, 0.2) is 24.3 Å². The summed E-state index contributed by atoms with van der Waals surface area (Å²) in [6.07, 6.45) is -0.0283. The van der Waals surface area contributed by atoms with Crippen LogP contribution in [0.2, 0.25) is 0 Å². The first-order valence-corrected chi connectivity index (χ1v) is 7.42. The van der Waals surface area contributed by atoms with Crippen molar-refractivity contribution in [1.82, 2.24) is 9.78 Å². The van der Waals surface area contributed by atoms with Gasteiger partial charge in [0.15, 0.2) is 0 Å². The Balaban J connectivity index is 1.74. The molecule has 1 aromatic heterocycles. The van der Waals surface area contributed by atoms with E-state index in [0.29, 0.717) is 11.9 Å². The number of amides is 2. The van der Waals surface area contributed by atoms with Gasteiger partial charge in [0, 0.05) is 32.1 Å². The lowest BCUT2D eigenvalue weighted by atomic mass is 10.1. The van der Waals surface area contributed by atoms with Crippen LogP contribution in [-0.4, -0.2) is 28.1 Å². The molecule has 6 nitrogen and oxygen atoms in total. The number of hydrogen-bond acceptors (Lipinski definition) is 3. The Morgan fingerprint density at radius 2 is 2.08 bits per heavy atom. The van der Waals surface area contributed by atoms with Gasteiger partial charge >= 0.3 is 0 Å². The molecule has 3 rings (SSSR count). The molecular weight excluding hydrogens is 318 g/mol. The van der Waals surface area contributed by atoms with Gasteiger partial charge in [-0.2, -0.15) is 5.10 Å². The Kier molecular flexibility index (Phi) is 4.04. The highest BCUT2D eigenvalue weighted by Crippen LogP contribution is 2.28. The van der Waals surface area contributed by atoms with Gasteiger partial charge in [-0.25, -0.2) is 8.78 Å². The normalized spacial score (nSPS) is 17.4. The molecule has 1 N–H and O–H groups in total. The quantitative estimate of drug-likeness (QED) is 0.933. The molecule has 2 aromatic rings. The van der Waals surface area contributed by atoms with Gasteiger partial charge in [-0.3, -0.25) is 14.3 Å². The Hall–Kier alpha value is -2.77. The zero-order valence-electron chi connectivity index (χ0n) is 13.2. The summed E-state index contributed by atoms with van der Waals surface area (Å²) in [6, 6.07) is 4.71. The van der Waals surface area contributed by atoms with Gasteiger partial charge in [-0.1, -0.05) is 0 Å². The third kappa shape index (κ3) is 2.99. The molecule has 1 atom stereocenters. The number of aryl methyl sites for hydroxylation is 2. The predicted octanol–water partition coefficient (Wildman–Crippen LogP) is 2.00. The van der Waals surface area contributed by atoms with E-state index >= 15 is 0 Å². The summed E-state index contributed by atoms with van der Waals surface area (Å²) >= 11 is 0. The topological polar surface area (TPSA) is 67.2 Å². The number of carbonyl (C=O) groups is 2. The van der Waals surface area contributed by atoms with Crippen LogP contribution in [0.5, 0.6) is 0 Å². The summed E-state index contributed by atoms with van der Waals surface area (Å²) in [5.74, 6) is -2.35. The molecule has 2 amide bonds. The number of nitrogens with zero attached hydrogens (tertiary/aromatic N) is 3. The lowest BCUT2D eigenvalue weighted by Crippen LogP contribution is -2.29. The number of rotatable bonds is 3. The summed E-state index contributed by atoms with van der Waals surface area (Å²) in [7, 11) is 1.70. The molecule has 1 fully saturated rings. The average molecular weight is 334 g/mol. The minimum Gasteiger partial charge on any atom is -0.311 e. The third-order valence-electron chi connectivity index (χ3n) is 3.95. The first kappa shape index (κ1) is 16.1. The van der Waals surface area contributed by atoms with E-state index in [2.05, 4.69) is 10.4 Å². The minimum atomic E-state index is -0.827. The summed E-state index contributed by atoms with van der Waals surface area (Å²) in [5.41, 5.74) is 0.735. The fourth-order valence-corrected chi connectivity index (χ4v) is 2.77. The van der Waals surface area contributed by atoms with Gasteiger partial charge in [0.2, 0.25) is 11.8 Å². The molecule has 0 unspecified atom stereocenters. The smallest absolute Gasteiger partial charge is 0.230 e. The maximum atomic E-state index is 13.9. The highest BCUT2D eigenvalue weighted by atomic mass is 19.1. The van der Waals surface area contributed by atoms with Crippen molar-refractivity contribution in [3.8, 4) is 0 Å². The fraction of sp³-hybridized carbons (Fsp3) is 0.312. The van der Waals surface area contributed by atoms with E-state index in [1.165, 1.54) is 15.6 Å². The fourth-order valence-electron chi connectivity index (χ4n) is 2.77. The largest absolute Gasteiger partial charge is 0.311 e. The zero-order valence-corrected chi connectivity index (χ0v) is 13.2. The van der Waals surface area contributed by atoms with Gasteiger partial charge in [0.25, 0.3) is 0 Å². The Bertz CT molecular complexity index is 818. The summed E-state index contributed by atoms with van der Waals surface area (Å²) in [4.78, 5) is 25.6. The van der Waals surface area contributed by atoms with Gasteiger partial charge in [0.1, 0.15) is 17.5 Å². The average Bonchev–Trinajstić information content (AvgIpc) is 3.02. The summed E-state index contributed by atoms with van der Waals surface area (Å²) in [5, 5.41) is 6.85. The molecule has 1 aliphatic heterocycles. The number of hydrogen-bond donors (Lipinski definition) is 1. The van der Waals surface area contributed by atoms with Crippen LogP contribution in [0.4, 0.5) is 20.3 Å². The first-order chi connectivity index (χ1) is 11.3. The third-order valence-corrected chi connectivity index (χ3v) is 3.95. The van der Waals surface area contributed by atoms with Crippen LogP contribution >= 0.6 is 0 Å². The molecule has 1 aromatic carbocycles. The number of halogens is 2. The highest BCUT2D eigenvalue weighted by molar-refractivity contribution is 6.03. The van der Waals surface area contributed by atoms with Crippen LogP contribution in [0.1, 0.15) is 12.1 Å². The van der Waals surface area contributed by atoms with E-state index in [-0.39, 0.29) is 30.5 Å². The van der Waals surface area contributed by atoms with Crippen molar-refractivity contribution in [2.24, 2.45) is 13.0 Å². The van der Waals surface area contributed by atoms with Crippen LogP contribution in [-0.2, 0) is 16.6 Å². The van der Waals surface area contributed by atoms with Crippen LogP contribution < -0.4 is 10.2 Å². The first-order valence-electron chi connectivity index (χ1n) is 7.42. The van der Waals surface area contributed by atoms with Crippen molar-refractivity contribution >= 4 is 23.3 Å². The lowest BCUT2D eigenvalue weighted by Gasteiger charge is -2.17.